The summed E-state index contributed by atoms with van der Waals surface area (Å²) < 4.78 is -0.00109. The normalized spacial score (nSPS) is 11.3. The van der Waals surface area contributed by atoms with Gasteiger partial charge < -0.3 is 0 Å². The summed E-state index contributed by atoms with van der Waals surface area (Å²) in [5.41, 5.74) is 5.54. The maximum absolute atomic E-state index is 2.28. The van der Waals surface area contributed by atoms with Crippen LogP contribution >= 0.6 is 0 Å². The Balaban J connectivity index is 2.29. The first kappa shape index (κ1) is 14.4. The molecule has 0 aliphatic rings. The van der Waals surface area contributed by atoms with Crippen molar-refractivity contribution >= 4 is 23.0 Å². The van der Waals surface area contributed by atoms with E-state index in [1.807, 2.05) is 0 Å². The molecule has 0 saturated heterocycles. The predicted octanol–water partition coefficient (Wildman–Crippen LogP) is 3.92. The summed E-state index contributed by atoms with van der Waals surface area (Å²) in [6.07, 6.45) is 0. The van der Waals surface area contributed by atoms with Crippen LogP contribution in [0.4, 0.5) is 0 Å². The topological polar surface area (TPSA) is 0 Å². The van der Waals surface area contributed by atoms with E-state index in [0.717, 1.165) is 23.0 Å². The fourth-order valence-electron chi connectivity index (χ4n) is 2.90. The Labute approximate surface area is 140 Å². The molecule has 3 rings (SSSR count). The van der Waals surface area contributed by atoms with Crippen molar-refractivity contribution in [2.24, 2.45) is 0 Å². The molecule has 0 bridgehead atoms. The molecule has 0 radical (unpaired) electrons. The minimum atomic E-state index is -0.00109. The van der Waals surface area contributed by atoms with E-state index in [4.69, 9.17) is 0 Å². The van der Waals surface area contributed by atoms with E-state index in [2.05, 4.69) is 91.9 Å². The van der Waals surface area contributed by atoms with Crippen molar-refractivity contribution in [2.45, 2.75) is 10.3 Å². The molecule has 1 heteroatoms. The zero-order valence-electron chi connectivity index (χ0n) is 12.2. The predicted molar refractivity (Wildman–Crippen MR) is 92.5 cm³/mol. The number of benzene rings is 3. The van der Waals surface area contributed by atoms with Crippen LogP contribution in [0.2, 0.25) is 0 Å². The number of rotatable bonds is 3. The van der Waals surface area contributed by atoms with Crippen molar-refractivity contribution in [2.75, 3.05) is 0 Å². The second kappa shape index (κ2) is 6.08. The van der Waals surface area contributed by atoms with Crippen molar-refractivity contribution in [1.29, 1.82) is 0 Å². The molecule has 3 aromatic rings. The molecule has 104 valence electrons. The van der Waals surface area contributed by atoms with Gasteiger partial charge in [0.2, 0.25) is 0 Å². The first-order valence-electron chi connectivity index (χ1n) is 7.19. The standard InChI is InChI=1S/C20H17.Sb.2H/c1-16-10-8-9-15-19(16)20(17-11-4-2-5-12-17)18-13-6-3-7-14-18;;;/h2-15H,1H3;;;. The molecular formula is C20H19Sb. The van der Waals surface area contributed by atoms with Crippen LogP contribution in [-0.4, -0.2) is 23.0 Å². The van der Waals surface area contributed by atoms with Crippen LogP contribution < -0.4 is 0 Å². The van der Waals surface area contributed by atoms with Crippen molar-refractivity contribution in [3.63, 3.8) is 0 Å². The molecule has 0 aliphatic carbocycles. The minimum absolute atomic E-state index is 0.00109. The number of aryl methyl sites for hydroxylation is 1. The quantitative estimate of drug-likeness (QED) is 0.477. The summed E-state index contributed by atoms with van der Waals surface area (Å²) in [4.78, 5) is 0. The second-order valence-electron chi connectivity index (χ2n) is 5.35. The molecule has 21 heavy (non-hydrogen) atoms. The fourth-order valence-corrected chi connectivity index (χ4v) is 4.92. The first-order chi connectivity index (χ1) is 10.2. The second-order valence-corrected chi connectivity index (χ2v) is 7.83. The van der Waals surface area contributed by atoms with E-state index in [0.29, 0.717) is 0 Å². The molecule has 0 aromatic heterocycles. The summed E-state index contributed by atoms with van der Waals surface area (Å²) >= 11 is 1.11. The molecule has 0 aliphatic heterocycles. The summed E-state index contributed by atoms with van der Waals surface area (Å²) in [6, 6.07) is 30.5. The summed E-state index contributed by atoms with van der Waals surface area (Å²) in [6.45, 7) is 2.21. The Morgan fingerprint density at radius 2 is 1.05 bits per heavy atom. The van der Waals surface area contributed by atoms with E-state index < -0.39 is 0 Å². The van der Waals surface area contributed by atoms with Gasteiger partial charge in [0.05, 0.1) is 0 Å². The summed E-state index contributed by atoms with van der Waals surface area (Å²) in [5, 5.41) is 0. The Morgan fingerprint density at radius 1 is 0.619 bits per heavy atom. The SMILES string of the molecule is Cc1ccccc1[C]([SbH2])(c1ccccc1)c1ccccc1. The third-order valence-electron chi connectivity index (χ3n) is 4.03. The molecule has 0 heterocycles. The van der Waals surface area contributed by atoms with Gasteiger partial charge in [-0.25, -0.2) is 0 Å². The monoisotopic (exact) mass is 380 g/mol. The molecule has 0 unspecified atom stereocenters. The third-order valence-corrected chi connectivity index (χ3v) is 6.82. The van der Waals surface area contributed by atoms with E-state index in [1.54, 1.807) is 0 Å². The molecule has 0 nitrogen and oxygen atoms in total. The van der Waals surface area contributed by atoms with Crippen LogP contribution in [0.25, 0.3) is 0 Å². The molecule has 0 spiro atoms. The van der Waals surface area contributed by atoms with Gasteiger partial charge in [-0.15, -0.1) is 0 Å². The average molecular weight is 381 g/mol. The van der Waals surface area contributed by atoms with Crippen LogP contribution in [0.1, 0.15) is 22.3 Å². The van der Waals surface area contributed by atoms with Crippen molar-refractivity contribution in [3.8, 4) is 0 Å². The average Bonchev–Trinajstić information content (AvgIpc) is 2.56. The van der Waals surface area contributed by atoms with E-state index in [-0.39, 0.29) is 3.36 Å². The fraction of sp³-hybridized carbons (Fsp3) is 0.100. The Morgan fingerprint density at radius 3 is 1.52 bits per heavy atom. The van der Waals surface area contributed by atoms with E-state index in [1.165, 1.54) is 22.3 Å². The zero-order chi connectivity index (χ0) is 14.7. The molecular weight excluding hydrogens is 362 g/mol. The molecule has 0 saturated carbocycles. The van der Waals surface area contributed by atoms with Gasteiger partial charge in [-0.1, -0.05) is 0 Å². The van der Waals surface area contributed by atoms with Crippen LogP contribution in [0.15, 0.2) is 84.9 Å². The third kappa shape index (κ3) is 2.65. The van der Waals surface area contributed by atoms with Crippen molar-refractivity contribution in [1.82, 2.24) is 0 Å². The van der Waals surface area contributed by atoms with Gasteiger partial charge in [-0.05, 0) is 0 Å². The van der Waals surface area contributed by atoms with Crippen LogP contribution in [0, 0.1) is 6.92 Å². The van der Waals surface area contributed by atoms with Crippen molar-refractivity contribution in [3.05, 3.63) is 107 Å². The van der Waals surface area contributed by atoms with Gasteiger partial charge >= 0.3 is 140 Å². The zero-order valence-corrected chi connectivity index (χ0v) is 15.5. The van der Waals surface area contributed by atoms with Gasteiger partial charge in [0.15, 0.2) is 0 Å². The van der Waals surface area contributed by atoms with Gasteiger partial charge in [0, 0.05) is 0 Å². The molecule has 3 aromatic carbocycles. The van der Waals surface area contributed by atoms with Crippen LogP contribution in [0.5, 0.6) is 0 Å². The summed E-state index contributed by atoms with van der Waals surface area (Å²) in [5.74, 6) is 0. The Kier molecular flexibility index (Phi) is 4.17. The molecule has 0 amide bonds. The molecule has 0 N–H and O–H groups in total. The number of hydrogen-bond donors (Lipinski definition) is 0. The summed E-state index contributed by atoms with van der Waals surface area (Å²) in [7, 11) is 0. The van der Waals surface area contributed by atoms with Crippen LogP contribution in [0.3, 0.4) is 0 Å². The van der Waals surface area contributed by atoms with Crippen molar-refractivity contribution < 1.29 is 0 Å². The maximum atomic E-state index is 2.28. The van der Waals surface area contributed by atoms with Gasteiger partial charge in [0.1, 0.15) is 0 Å². The van der Waals surface area contributed by atoms with Gasteiger partial charge in [-0.2, -0.15) is 0 Å². The Hall–Kier alpha value is -1.52. The number of hydrogen-bond acceptors (Lipinski definition) is 0. The van der Waals surface area contributed by atoms with Crippen LogP contribution in [-0.2, 0) is 3.36 Å². The van der Waals surface area contributed by atoms with E-state index >= 15 is 0 Å². The molecule has 0 atom stereocenters. The molecule has 0 fully saturated rings. The van der Waals surface area contributed by atoms with Gasteiger partial charge in [-0.3, -0.25) is 0 Å². The first-order valence-corrected chi connectivity index (χ1v) is 8.84. The van der Waals surface area contributed by atoms with Gasteiger partial charge in [0.25, 0.3) is 0 Å². The van der Waals surface area contributed by atoms with E-state index in [9.17, 15) is 0 Å². The Bertz CT molecular complexity index is 678.